The molecule has 2 aromatic rings. The Bertz CT molecular complexity index is 863. The number of carbonyl (C=O) groups excluding carboxylic acids is 1. The largest absolute Gasteiger partial charge is 0.333 e. The molecule has 2 aliphatic heterocycles. The zero-order valence-corrected chi connectivity index (χ0v) is 17.7. The summed E-state index contributed by atoms with van der Waals surface area (Å²) in [4.78, 5) is 17.9. The van der Waals surface area contributed by atoms with E-state index in [1.165, 1.54) is 24.0 Å². The minimum absolute atomic E-state index is 0.112. The highest BCUT2D eigenvalue weighted by molar-refractivity contribution is 6.42. The number of amides is 1. The molecule has 2 aliphatic rings. The lowest BCUT2D eigenvalue weighted by Gasteiger charge is -2.42. The number of nitrogens with zero attached hydrogens (tertiary/aromatic N) is 2. The summed E-state index contributed by atoms with van der Waals surface area (Å²) in [5, 5.41) is 1.02. The van der Waals surface area contributed by atoms with E-state index in [4.69, 9.17) is 23.2 Å². The van der Waals surface area contributed by atoms with Crippen LogP contribution in [0, 0.1) is 0 Å². The van der Waals surface area contributed by atoms with Crippen molar-refractivity contribution in [2.75, 3.05) is 26.2 Å². The van der Waals surface area contributed by atoms with Gasteiger partial charge in [-0.15, -0.1) is 0 Å². The van der Waals surface area contributed by atoms with Gasteiger partial charge < -0.3 is 9.80 Å². The minimum atomic E-state index is 0.112. The van der Waals surface area contributed by atoms with Crippen LogP contribution >= 0.6 is 23.2 Å². The van der Waals surface area contributed by atoms with Crippen LogP contribution in [0.3, 0.4) is 0 Å². The number of hydrogen-bond donors (Lipinski definition) is 0. The van der Waals surface area contributed by atoms with E-state index in [1.807, 2.05) is 6.07 Å². The molecular formula is C23H26Cl2N2O. The van der Waals surface area contributed by atoms with Gasteiger partial charge in [0.2, 0.25) is 5.91 Å². The average molecular weight is 417 g/mol. The van der Waals surface area contributed by atoms with Gasteiger partial charge in [0, 0.05) is 13.1 Å². The SMILES string of the molecule is C[C@H]1CN(C(=O)Cc2ccc(Cl)c(Cl)c2)[C@@H](CN2CCCC2)c2ccccc21. The highest BCUT2D eigenvalue weighted by Crippen LogP contribution is 2.37. The topological polar surface area (TPSA) is 23.6 Å². The number of benzene rings is 2. The highest BCUT2D eigenvalue weighted by atomic mass is 35.5. The first-order valence-electron chi connectivity index (χ1n) is 10.1. The van der Waals surface area contributed by atoms with E-state index in [1.54, 1.807) is 12.1 Å². The molecule has 0 bridgehead atoms. The van der Waals surface area contributed by atoms with Crippen molar-refractivity contribution in [1.29, 1.82) is 0 Å². The van der Waals surface area contributed by atoms with E-state index >= 15 is 0 Å². The third-order valence-corrected chi connectivity index (χ3v) is 6.76. The Morgan fingerprint density at radius 1 is 1.04 bits per heavy atom. The Balaban J connectivity index is 1.61. The maximum Gasteiger partial charge on any atom is 0.227 e. The zero-order chi connectivity index (χ0) is 19.7. The predicted molar refractivity (Wildman–Crippen MR) is 115 cm³/mol. The van der Waals surface area contributed by atoms with Gasteiger partial charge in [0.05, 0.1) is 22.5 Å². The van der Waals surface area contributed by atoms with Gasteiger partial charge in [-0.1, -0.05) is 60.5 Å². The van der Waals surface area contributed by atoms with Gasteiger partial charge in [0.15, 0.2) is 0 Å². The maximum absolute atomic E-state index is 13.3. The Morgan fingerprint density at radius 3 is 2.46 bits per heavy atom. The molecule has 1 amide bonds. The van der Waals surface area contributed by atoms with Crippen LogP contribution < -0.4 is 0 Å². The number of likely N-dealkylation sites (tertiary alicyclic amines) is 1. The van der Waals surface area contributed by atoms with Gasteiger partial charge in [0.25, 0.3) is 0 Å². The summed E-state index contributed by atoms with van der Waals surface area (Å²) in [5.74, 6) is 0.493. The highest BCUT2D eigenvalue weighted by Gasteiger charge is 2.35. The maximum atomic E-state index is 13.3. The molecule has 0 aromatic heterocycles. The monoisotopic (exact) mass is 416 g/mol. The second kappa shape index (κ2) is 8.44. The van der Waals surface area contributed by atoms with Crippen molar-refractivity contribution >= 4 is 29.1 Å². The van der Waals surface area contributed by atoms with E-state index in [0.717, 1.165) is 31.7 Å². The lowest BCUT2D eigenvalue weighted by Crippen LogP contribution is -2.46. The van der Waals surface area contributed by atoms with Crippen molar-refractivity contribution in [3.8, 4) is 0 Å². The summed E-state index contributed by atoms with van der Waals surface area (Å²) < 4.78 is 0. The quantitative estimate of drug-likeness (QED) is 0.673. The normalized spacial score (nSPS) is 22.3. The predicted octanol–water partition coefficient (Wildman–Crippen LogP) is 5.32. The minimum Gasteiger partial charge on any atom is -0.333 e. The Morgan fingerprint density at radius 2 is 1.75 bits per heavy atom. The molecule has 0 spiro atoms. The van der Waals surface area contributed by atoms with E-state index in [-0.39, 0.29) is 11.9 Å². The molecule has 0 radical (unpaired) electrons. The Kier molecular flexibility index (Phi) is 5.96. The number of rotatable bonds is 4. The summed E-state index contributed by atoms with van der Waals surface area (Å²) in [5.41, 5.74) is 3.59. The third kappa shape index (κ3) is 4.07. The molecule has 4 rings (SSSR count). The van der Waals surface area contributed by atoms with Crippen LogP contribution in [-0.4, -0.2) is 41.9 Å². The first kappa shape index (κ1) is 19.8. The van der Waals surface area contributed by atoms with Crippen molar-refractivity contribution in [3.63, 3.8) is 0 Å². The summed E-state index contributed by atoms with van der Waals surface area (Å²) in [6.45, 7) is 6.14. The molecule has 0 N–H and O–H groups in total. The molecule has 2 atom stereocenters. The summed E-state index contributed by atoms with van der Waals surface area (Å²) >= 11 is 12.2. The second-order valence-corrected chi connectivity index (χ2v) is 8.84. The summed E-state index contributed by atoms with van der Waals surface area (Å²) in [6.07, 6.45) is 2.85. The van der Waals surface area contributed by atoms with E-state index in [9.17, 15) is 4.79 Å². The van der Waals surface area contributed by atoms with Crippen LogP contribution in [-0.2, 0) is 11.2 Å². The molecule has 0 saturated carbocycles. The van der Waals surface area contributed by atoms with Gasteiger partial charge in [-0.3, -0.25) is 4.79 Å². The van der Waals surface area contributed by atoms with Crippen LogP contribution in [0.5, 0.6) is 0 Å². The first-order valence-corrected chi connectivity index (χ1v) is 10.8. The molecular weight excluding hydrogens is 391 g/mol. The van der Waals surface area contributed by atoms with Crippen molar-refractivity contribution in [1.82, 2.24) is 9.80 Å². The van der Waals surface area contributed by atoms with Gasteiger partial charge in [-0.25, -0.2) is 0 Å². The fraction of sp³-hybridized carbons (Fsp3) is 0.435. The van der Waals surface area contributed by atoms with Crippen molar-refractivity contribution < 1.29 is 4.79 Å². The third-order valence-electron chi connectivity index (χ3n) is 6.02. The lowest BCUT2D eigenvalue weighted by atomic mass is 9.85. The van der Waals surface area contributed by atoms with Crippen LogP contribution in [0.2, 0.25) is 10.0 Å². The van der Waals surface area contributed by atoms with E-state index in [2.05, 4.69) is 41.0 Å². The van der Waals surface area contributed by atoms with Crippen LogP contribution in [0.1, 0.15) is 48.4 Å². The van der Waals surface area contributed by atoms with E-state index in [0.29, 0.717) is 22.4 Å². The molecule has 0 aliphatic carbocycles. The average Bonchev–Trinajstić information content (AvgIpc) is 3.20. The smallest absolute Gasteiger partial charge is 0.227 e. The molecule has 3 nitrogen and oxygen atoms in total. The second-order valence-electron chi connectivity index (χ2n) is 8.02. The van der Waals surface area contributed by atoms with Crippen molar-refractivity contribution in [2.45, 2.75) is 38.1 Å². The number of fused-ring (bicyclic) bond motifs is 1. The molecule has 28 heavy (non-hydrogen) atoms. The molecule has 5 heteroatoms. The molecule has 1 saturated heterocycles. The van der Waals surface area contributed by atoms with Crippen LogP contribution in [0.25, 0.3) is 0 Å². The molecule has 0 unspecified atom stereocenters. The fourth-order valence-electron chi connectivity index (χ4n) is 4.56. The first-order chi connectivity index (χ1) is 13.5. The van der Waals surface area contributed by atoms with Gasteiger partial charge in [0.1, 0.15) is 0 Å². The fourth-order valence-corrected chi connectivity index (χ4v) is 4.88. The van der Waals surface area contributed by atoms with Gasteiger partial charge >= 0.3 is 0 Å². The van der Waals surface area contributed by atoms with Crippen LogP contribution in [0.4, 0.5) is 0 Å². The lowest BCUT2D eigenvalue weighted by molar-refractivity contribution is -0.134. The Labute approximate surface area is 177 Å². The number of hydrogen-bond acceptors (Lipinski definition) is 2. The zero-order valence-electron chi connectivity index (χ0n) is 16.2. The van der Waals surface area contributed by atoms with Gasteiger partial charge in [-0.05, 0) is 60.7 Å². The molecule has 148 valence electrons. The molecule has 1 fully saturated rings. The van der Waals surface area contributed by atoms with Crippen LogP contribution in [0.15, 0.2) is 42.5 Å². The molecule has 2 heterocycles. The van der Waals surface area contributed by atoms with Crippen molar-refractivity contribution in [3.05, 3.63) is 69.2 Å². The summed E-state index contributed by atoms with van der Waals surface area (Å²) in [6, 6.07) is 14.2. The van der Waals surface area contributed by atoms with Gasteiger partial charge in [-0.2, -0.15) is 0 Å². The van der Waals surface area contributed by atoms with Crippen molar-refractivity contribution in [2.24, 2.45) is 0 Å². The number of carbonyl (C=O) groups is 1. The molecule has 2 aromatic carbocycles. The Hall–Kier alpha value is -1.55. The standard InChI is InChI=1S/C23H26Cl2N2O/c1-16-14-27(23(28)13-17-8-9-20(24)21(25)12-17)22(15-26-10-4-5-11-26)19-7-3-2-6-18(16)19/h2-3,6-9,12,16,22H,4-5,10-11,13-15H2,1H3/t16-,22-/m0/s1. The summed E-state index contributed by atoms with van der Waals surface area (Å²) in [7, 11) is 0. The van der Waals surface area contributed by atoms with E-state index < -0.39 is 0 Å². The number of halogens is 2.